The van der Waals surface area contributed by atoms with E-state index in [4.69, 9.17) is 0 Å². The predicted molar refractivity (Wildman–Crippen MR) is 49.9 cm³/mol. The van der Waals surface area contributed by atoms with Crippen LogP contribution in [0, 0.1) is 0 Å². The number of hydrogen-bond acceptors (Lipinski definition) is 2. The van der Waals surface area contributed by atoms with Crippen LogP contribution in [-0.2, 0) is 10.8 Å². The van der Waals surface area contributed by atoms with Gasteiger partial charge in [-0.05, 0) is 12.8 Å². The Kier molecular flexibility index (Phi) is 4.51. The van der Waals surface area contributed by atoms with Gasteiger partial charge in [0, 0.05) is 28.3 Å². The van der Waals surface area contributed by atoms with E-state index in [-0.39, 0.29) is 6.04 Å². The molecule has 2 nitrogen and oxygen atoms in total. The van der Waals surface area contributed by atoms with Gasteiger partial charge in [-0.15, -0.1) is 0 Å². The molecule has 1 rings (SSSR count). The molecule has 0 aromatic heterocycles. The number of hydrogen-bond donors (Lipinski definition) is 1. The molecule has 0 radical (unpaired) electrons. The molecule has 0 spiro atoms. The van der Waals surface area contributed by atoms with Gasteiger partial charge in [-0.2, -0.15) is 8.78 Å². The minimum Gasteiger partial charge on any atom is -0.308 e. The van der Waals surface area contributed by atoms with Crippen LogP contribution in [0.2, 0.25) is 0 Å². The largest absolute Gasteiger partial charge is 0.319 e. The molecule has 1 fully saturated rings. The Morgan fingerprint density at radius 2 is 1.87 bits per heavy atom. The Morgan fingerprint density at radius 3 is 2.33 bits per heavy atom. The fourth-order valence-corrected chi connectivity index (χ4v) is 2.65. The van der Waals surface area contributed by atoms with E-state index in [1.165, 1.54) is 0 Å². The topological polar surface area (TPSA) is 29.1 Å². The Hall–Kier alpha value is -0.170. The summed E-state index contributed by atoms with van der Waals surface area (Å²) >= 11 is 0. The second kappa shape index (κ2) is 5.25. The summed E-state index contributed by atoms with van der Waals surface area (Å²) in [7, 11) is -0.870. The van der Waals surface area contributed by atoms with Gasteiger partial charge in [0.15, 0.2) is 0 Å². The van der Waals surface area contributed by atoms with Gasteiger partial charge in [0.1, 0.15) is 0 Å². The lowest BCUT2D eigenvalue weighted by Gasteiger charge is -2.25. The molecule has 0 aromatic rings. The molecular weight excluding hydrogens is 234 g/mol. The molecule has 0 amide bonds. The molecule has 7 heteroatoms. The third-order valence-electron chi connectivity index (χ3n) is 2.33. The van der Waals surface area contributed by atoms with Crippen molar-refractivity contribution in [1.82, 2.24) is 5.32 Å². The average molecular weight is 247 g/mol. The molecule has 0 bridgehead atoms. The summed E-state index contributed by atoms with van der Waals surface area (Å²) < 4.78 is 59.5. The van der Waals surface area contributed by atoms with Crippen LogP contribution >= 0.6 is 0 Å². The lowest BCUT2D eigenvalue weighted by atomic mass is 10.1. The van der Waals surface area contributed by atoms with Gasteiger partial charge < -0.3 is 5.32 Å². The van der Waals surface area contributed by atoms with Crippen molar-refractivity contribution in [1.29, 1.82) is 0 Å². The standard InChI is InChI=1S/C8H13F4NOS/c9-7(10)8(11,12)5-13-6-1-3-15(14)4-2-6/h6-7,13H,1-5H2. The average Bonchev–Trinajstić information content (AvgIpc) is 2.17. The maximum Gasteiger partial charge on any atom is 0.319 e. The summed E-state index contributed by atoms with van der Waals surface area (Å²) in [6.45, 7) is -1.01. The maximum atomic E-state index is 12.5. The molecule has 1 N–H and O–H groups in total. The highest BCUT2D eigenvalue weighted by Crippen LogP contribution is 2.22. The monoisotopic (exact) mass is 247 g/mol. The molecule has 0 saturated carbocycles. The molecule has 0 atom stereocenters. The molecule has 1 saturated heterocycles. The second-order valence-corrected chi connectivity index (χ2v) is 5.26. The number of nitrogens with one attached hydrogen (secondary N) is 1. The first-order chi connectivity index (χ1) is 6.92. The summed E-state index contributed by atoms with van der Waals surface area (Å²) in [6.07, 6.45) is -2.62. The fourth-order valence-electron chi connectivity index (χ4n) is 1.36. The van der Waals surface area contributed by atoms with Gasteiger partial charge in [-0.25, -0.2) is 8.78 Å². The molecule has 0 unspecified atom stereocenters. The molecule has 0 aliphatic carbocycles. The first-order valence-electron chi connectivity index (χ1n) is 4.66. The molecule has 1 heterocycles. The maximum absolute atomic E-state index is 12.5. The minimum absolute atomic E-state index is 0.215. The van der Waals surface area contributed by atoms with Crippen molar-refractivity contribution < 1.29 is 21.8 Å². The quantitative estimate of drug-likeness (QED) is 0.761. The van der Waals surface area contributed by atoms with Crippen LogP contribution in [-0.4, -0.2) is 40.6 Å². The Bertz CT molecular complexity index is 227. The molecule has 1 aliphatic heterocycles. The van der Waals surface area contributed by atoms with Gasteiger partial charge in [0.25, 0.3) is 0 Å². The third-order valence-corrected chi connectivity index (χ3v) is 3.72. The van der Waals surface area contributed by atoms with Crippen LogP contribution in [0.15, 0.2) is 0 Å². The van der Waals surface area contributed by atoms with E-state index >= 15 is 0 Å². The van der Waals surface area contributed by atoms with Crippen LogP contribution in [0.3, 0.4) is 0 Å². The number of halogens is 4. The van der Waals surface area contributed by atoms with Crippen molar-refractivity contribution in [3.63, 3.8) is 0 Å². The van der Waals surface area contributed by atoms with Crippen LogP contribution < -0.4 is 5.32 Å². The summed E-state index contributed by atoms with van der Waals surface area (Å²) in [4.78, 5) is 0. The highest BCUT2D eigenvalue weighted by atomic mass is 32.2. The molecule has 15 heavy (non-hydrogen) atoms. The number of alkyl halides is 4. The van der Waals surface area contributed by atoms with E-state index < -0.39 is 29.7 Å². The van der Waals surface area contributed by atoms with E-state index in [0.29, 0.717) is 24.3 Å². The summed E-state index contributed by atoms with van der Waals surface area (Å²) in [5.41, 5.74) is 0. The molecule has 90 valence electrons. The first-order valence-corrected chi connectivity index (χ1v) is 6.15. The van der Waals surface area contributed by atoms with Crippen LogP contribution in [0.25, 0.3) is 0 Å². The third kappa shape index (κ3) is 4.06. The smallest absolute Gasteiger partial charge is 0.308 e. The minimum atomic E-state index is -3.98. The van der Waals surface area contributed by atoms with Crippen molar-refractivity contribution in [3.05, 3.63) is 0 Å². The zero-order chi connectivity index (χ0) is 11.5. The van der Waals surface area contributed by atoms with Crippen LogP contribution in [0.4, 0.5) is 17.6 Å². The Balaban J connectivity index is 2.28. The highest BCUT2D eigenvalue weighted by Gasteiger charge is 2.40. The van der Waals surface area contributed by atoms with Gasteiger partial charge in [-0.1, -0.05) is 0 Å². The predicted octanol–water partition coefficient (Wildman–Crippen LogP) is 1.39. The molecular formula is C8H13F4NOS. The SMILES string of the molecule is O=S1CCC(NCC(F)(F)C(F)F)CC1. The van der Waals surface area contributed by atoms with Crippen molar-refractivity contribution >= 4 is 10.8 Å². The molecule has 0 aromatic carbocycles. The van der Waals surface area contributed by atoms with Gasteiger partial charge in [0.05, 0.1) is 6.54 Å². The number of rotatable bonds is 4. The second-order valence-electron chi connectivity index (χ2n) is 3.56. The lowest BCUT2D eigenvalue weighted by molar-refractivity contribution is -0.126. The van der Waals surface area contributed by atoms with Gasteiger partial charge >= 0.3 is 12.3 Å². The van der Waals surface area contributed by atoms with E-state index in [9.17, 15) is 21.8 Å². The van der Waals surface area contributed by atoms with E-state index in [1.807, 2.05) is 0 Å². The normalized spacial score (nSPS) is 28.3. The van der Waals surface area contributed by atoms with E-state index in [0.717, 1.165) is 0 Å². The molecule has 1 aliphatic rings. The lowest BCUT2D eigenvalue weighted by Crippen LogP contribution is -2.45. The zero-order valence-corrected chi connectivity index (χ0v) is 8.84. The van der Waals surface area contributed by atoms with E-state index in [2.05, 4.69) is 5.32 Å². The Labute approximate surface area is 87.9 Å². The summed E-state index contributed by atoms with van der Waals surface area (Å²) in [6, 6.07) is -0.215. The van der Waals surface area contributed by atoms with E-state index in [1.54, 1.807) is 0 Å². The summed E-state index contributed by atoms with van der Waals surface area (Å²) in [5.74, 6) is -3.06. The Morgan fingerprint density at radius 1 is 1.33 bits per heavy atom. The van der Waals surface area contributed by atoms with Crippen molar-refractivity contribution in [2.45, 2.75) is 31.2 Å². The van der Waals surface area contributed by atoms with Crippen LogP contribution in [0.1, 0.15) is 12.8 Å². The highest BCUT2D eigenvalue weighted by molar-refractivity contribution is 7.85. The first kappa shape index (κ1) is 12.9. The van der Waals surface area contributed by atoms with Gasteiger partial charge in [-0.3, -0.25) is 4.21 Å². The zero-order valence-electron chi connectivity index (χ0n) is 8.02. The van der Waals surface area contributed by atoms with Crippen LogP contribution in [0.5, 0.6) is 0 Å². The summed E-state index contributed by atoms with van der Waals surface area (Å²) in [5, 5.41) is 2.40. The van der Waals surface area contributed by atoms with Crippen molar-refractivity contribution in [2.75, 3.05) is 18.1 Å². The van der Waals surface area contributed by atoms with Gasteiger partial charge in [0.2, 0.25) is 0 Å². The fraction of sp³-hybridized carbons (Fsp3) is 1.00. The van der Waals surface area contributed by atoms with Crippen molar-refractivity contribution in [3.8, 4) is 0 Å². The van der Waals surface area contributed by atoms with Crippen molar-refractivity contribution in [2.24, 2.45) is 0 Å².